The van der Waals surface area contributed by atoms with Gasteiger partial charge in [0.1, 0.15) is 11.9 Å². The monoisotopic (exact) mass is 248 g/mol. The fraction of sp³-hybridized carbons (Fsp3) is 0.571. The molecule has 1 aromatic carbocycles. The van der Waals surface area contributed by atoms with Gasteiger partial charge in [-0.2, -0.15) is 0 Å². The van der Waals surface area contributed by atoms with Crippen molar-refractivity contribution >= 4 is 5.69 Å². The van der Waals surface area contributed by atoms with Gasteiger partial charge in [0.05, 0.1) is 19.3 Å². The summed E-state index contributed by atoms with van der Waals surface area (Å²) in [5.74, 6) is 0.926. The maximum Gasteiger partial charge on any atom is 0.119 e. The van der Waals surface area contributed by atoms with E-state index in [0.29, 0.717) is 12.1 Å². The van der Waals surface area contributed by atoms with E-state index < -0.39 is 0 Å². The van der Waals surface area contributed by atoms with Crippen molar-refractivity contribution in [3.63, 3.8) is 0 Å². The van der Waals surface area contributed by atoms with Crippen LogP contribution in [0.1, 0.15) is 12.8 Å². The lowest BCUT2D eigenvalue weighted by molar-refractivity contribution is -0.0778. The average Bonchev–Trinajstić information content (AvgIpc) is 2.32. The highest BCUT2D eigenvalue weighted by molar-refractivity contribution is 5.41. The summed E-state index contributed by atoms with van der Waals surface area (Å²) in [6.07, 6.45) is 2.53. The van der Waals surface area contributed by atoms with Gasteiger partial charge >= 0.3 is 0 Å². The van der Waals surface area contributed by atoms with Crippen LogP contribution in [-0.4, -0.2) is 43.3 Å². The number of benzene rings is 1. The molecule has 2 fully saturated rings. The van der Waals surface area contributed by atoms with Gasteiger partial charge in [0, 0.05) is 18.8 Å². The summed E-state index contributed by atoms with van der Waals surface area (Å²) in [7, 11) is 0. The number of rotatable bonds is 3. The molecule has 0 saturated carbocycles. The number of nitrogen functional groups attached to an aromatic ring is 1. The number of anilines is 1. The first-order valence-electron chi connectivity index (χ1n) is 6.65. The van der Waals surface area contributed by atoms with Crippen molar-refractivity contribution in [3.8, 4) is 5.75 Å². The predicted molar refractivity (Wildman–Crippen MR) is 70.7 cm³/mol. The van der Waals surface area contributed by atoms with Crippen LogP contribution in [0.3, 0.4) is 0 Å². The third-order valence-corrected chi connectivity index (χ3v) is 3.80. The van der Waals surface area contributed by atoms with Crippen LogP contribution in [0.5, 0.6) is 5.75 Å². The van der Waals surface area contributed by atoms with E-state index in [4.69, 9.17) is 15.2 Å². The van der Waals surface area contributed by atoms with Gasteiger partial charge in [0.15, 0.2) is 0 Å². The largest absolute Gasteiger partial charge is 0.490 e. The van der Waals surface area contributed by atoms with E-state index >= 15 is 0 Å². The average molecular weight is 248 g/mol. The SMILES string of the molecule is Nc1ccc(OC2CCN(C3COC3)CC2)cc1. The topological polar surface area (TPSA) is 47.7 Å². The molecule has 2 heterocycles. The number of nitrogens with two attached hydrogens (primary N) is 1. The predicted octanol–water partition coefficient (Wildman–Crippen LogP) is 1.51. The van der Waals surface area contributed by atoms with Gasteiger partial charge in [0.25, 0.3) is 0 Å². The zero-order chi connectivity index (χ0) is 12.4. The normalized spacial score (nSPS) is 22.7. The highest BCUT2D eigenvalue weighted by Gasteiger charge is 2.30. The Hall–Kier alpha value is -1.26. The van der Waals surface area contributed by atoms with Gasteiger partial charge in [-0.1, -0.05) is 0 Å². The Morgan fingerprint density at radius 2 is 1.78 bits per heavy atom. The van der Waals surface area contributed by atoms with E-state index in [-0.39, 0.29) is 0 Å². The van der Waals surface area contributed by atoms with Crippen molar-refractivity contribution in [2.75, 3.05) is 32.0 Å². The number of piperidine rings is 1. The van der Waals surface area contributed by atoms with E-state index in [0.717, 1.165) is 50.6 Å². The van der Waals surface area contributed by atoms with Crippen molar-refractivity contribution in [1.82, 2.24) is 4.90 Å². The van der Waals surface area contributed by atoms with Gasteiger partial charge in [0.2, 0.25) is 0 Å². The summed E-state index contributed by atoms with van der Waals surface area (Å²) >= 11 is 0. The second kappa shape index (κ2) is 5.16. The summed E-state index contributed by atoms with van der Waals surface area (Å²) < 4.78 is 11.2. The molecule has 0 aromatic heterocycles. The molecule has 2 aliphatic heterocycles. The minimum Gasteiger partial charge on any atom is -0.490 e. The lowest BCUT2D eigenvalue weighted by atomic mass is 10.0. The van der Waals surface area contributed by atoms with Crippen molar-refractivity contribution < 1.29 is 9.47 Å². The standard InChI is InChI=1S/C14H20N2O2/c15-11-1-3-13(4-2-11)18-14-5-7-16(8-6-14)12-9-17-10-12/h1-4,12,14H,5-10,15H2. The fourth-order valence-corrected chi connectivity index (χ4v) is 2.53. The fourth-order valence-electron chi connectivity index (χ4n) is 2.53. The Labute approximate surface area is 108 Å². The van der Waals surface area contributed by atoms with Gasteiger partial charge in [-0.15, -0.1) is 0 Å². The van der Waals surface area contributed by atoms with Gasteiger partial charge < -0.3 is 15.2 Å². The quantitative estimate of drug-likeness (QED) is 0.824. The van der Waals surface area contributed by atoms with Crippen LogP contribution in [0.4, 0.5) is 5.69 Å². The molecule has 4 nitrogen and oxygen atoms in total. The van der Waals surface area contributed by atoms with E-state index in [1.54, 1.807) is 0 Å². The van der Waals surface area contributed by atoms with E-state index in [2.05, 4.69) is 4.90 Å². The Morgan fingerprint density at radius 1 is 1.11 bits per heavy atom. The highest BCUT2D eigenvalue weighted by Crippen LogP contribution is 2.22. The lowest BCUT2D eigenvalue weighted by Crippen LogP contribution is -2.52. The number of hydrogen-bond acceptors (Lipinski definition) is 4. The third kappa shape index (κ3) is 2.60. The van der Waals surface area contributed by atoms with Crippen LogP contribution >= 0.6 is 0 Å². The Kier molecular flexibility index (Phi) is 3.39. The summed E-state index contributed by atoms with van der Waals surface area (Å²) in [5.41, 5.74) is 6.44. The van der Waals surface area contributed by atoms with Crippen LogP contribution in [0.25, 0.3) is 0 Å². The van der Waals surface area contributed by atoms with E-state index in [9.17, 15) is 0 Å². The molecule has 2 saturated heterocycles. The molecule has 0 unspecified atom stereocenters. The molecule has 0 aliphatic carbocycles. The summed E-state index contributed by atoms with van der Waals surface area (Å²) in [6, 6.07) is 8.32. The van der Waals surface area contributed by atoms with Crippen molar-refractivity contribution in [1.29, 1.82) is 0 Å². The van der Waals surface area contributed by atoms with Crippen LogP contribution < -0.4 is 10.5 Å². The molecule has 0 atom stereocenters. The minimum atomic E-state index is 0.339. The molecule has 2 N–H and O–H groups in total. The van der Waals surface area contributed by atoms with Crippen LogP contribution in [0.15, 0.2) is 24.3 Å². The molecule has 18 heavy (non-hydrogen) atoms. The number of likely N-dealkylation sites (tertiary alicyclic amines) is 1. The molecule has 0 spiro atoms. The summed E-state index contributed by atoms with van der Waals surface area (Å²) in [6.45, 7) is 4.05. The van der Waals surface area contributed by atoms with Gasteiger partial charge in [-0.05, 0) is 37.1 Å². The Bertz CT molecular complexity index is 381. The number of nitrogens with zero attached hydrogens (tertiary/aromatic N) is 1. The lowest BCUT2D eigenvalue weighted by Gasteiger charge is -2.41. The molecule has 0 radical (unpaired) electrons. The van der Waals surface area contributed by atoms with E-state index in [1.165, 1.54) is 0 Å². The summed E-state index contributed by atoms with van der Waals surface area (Å²) in [5, 5.41) is 0. The molecule has 3 rings (SSSR count). The molecular weight excluding hydrogens is 228 g/mol. The smallest absolute Gasteiger partial charge is 0.119 e. The van der Waals surface area contributed by atoms with Crippen LogP contribution in [0.2, 0.25) is 0 Å². The molecule has 0 bridgehead atoms. The zero-order valence-electron chi connectivity index (χ0n) is 10.5. The Balaban J connectivity index is 1.48. The van der Waals surface area contributed by atoms with Gasteiger partial charge in [-0.3, -0.25) is 4.90 Å². The molecule has 2 aliphatic rings. The maximum atomic E-state index is 5.98. The van der Waals surface area contributed by atoms with Crippen molar-refractivity contribution in [3.05, 3.63) is 24.3 Å². The second-order valence-electron chi connectivity index (χ2n) is 5.11. The van der Waals surface area contributed by atoms with E-state index in [1.807, 2.05) is 24.3 Å². The first kappa shape index (κ1) is 11.8. The van der Waals surface area contributed by atoms with Gasteiger partial charge in [-0.25, -0.2) is 0 Å². The number of hydrogen-bond donors (Lipinski definition) is 1. The molecule has 4 heteroatoms. The second-order valence-corrected chi connectivity index (χ2v) is 5.11. The summed E-state index contributed by atoms with van der Waals surface area (Å²) in [4.78, 5) is 2.52. The first-order chi connectivity index (χ1) is 8.81. The maximum absolute atomic E-state index is 5.98. The van der Waals surface area contributed by atoms with Crippen molar-refractivity contribution in [2.24, 2.45) is 0 Å². The van der Waals surface area contributed by atoms with Crippen LogP contribution in [0, 0.1) is 0 Å². The Morgan fingerprint density at radius 3 is 2.33 bits per heavy atom. The highest BCUT2D eigenvalue weighted by atomic mass is 16.5. The first-order valence-corrected chi connectivity index (χ1v) is 6.65. The third-order valence-electron chi connectivity index (χ3n) is 3.80. The van der Waals surface area contributed by atoms with Crippen LogP contribution in [-0.2, 0) is 4.74 Å². The molecule has 1 aromatic rings. The molecular formula is C14H20N2O2. The van der Waals surface area contributed by atoms with Crippen molar-refractivity contribution in [2.45, 2.75) is 25.0 Å². The number of ether oxygens (including phenoxy) is 2. The minimum absolute atomic E-state index is 0.339. The molecule has 0 amide bonds. The zero-order valence-corrected chi connectivity index (χ0v) is 10.5. The molecule has 98 valence electrons.